The third kappa shape index (κ3) is 6.56. The lowest BCUT2D eigenvalue weighted by atomic mass is 10.0. The molecule has 240 valence electrons. The smallest absolute Gasteiger partial charge is 0.439 e. The minimum Gasteiger partial charge on any atom is -0.497 e. The topological polar surface area (TPSA) is 126 Å². The highest BCUT2D eigenvalue weighted by atomic mass is 32.1. The molecule has 1 amide bonds. The zero-order valence-electron chi connectivity index (χ0n) is 23.4. The van der Waals surface area contributed by atoms with E-state index in [-0.39, 0.29) is 27.5 Å². The molecule has 0 aliphatic rings. The molecule has 0 aliphatic heterocycles. The van der Waals surface area contributed by atoms with Crippen LogP contribution in [-0.2, 0) is 22.6 Å². The Bertz CT molecular complexity index is 1800. The van der Waals surface area contributed by atoms with Crippen LogP contribution >= 0.6 is 11.3 Å². The summed E-state index contributed by atoms with van der Waals surface area (Å²) >= 11 is 1.12. The van der Waals surface area contributed by atoms with Crippen LogP contribution in [0.1, 0.15) is 16.1 Å². The number of benzene rings is 1. The van der Waals surface area contributed by atoms with Crippen LogP contribution in [0.4, 0.5) is 32.0 Å². The van der Waals surface area contributed by atoms with E-state index in [1.807, 2.05) is 24.3 Å². The number of carbonyl (C=O) groups excluding carboxylic acids is 2. The molecule has 0 bridgehead atoms. The number of aromatic nitrogens is 6. The lowest BCUT2D eigenvalue weighted by molar-refractivity contribution is -0.371. The Morgan fingerprint density at radius 1 is 1.02 bits per heavy atom. The molecule has 0 unspecified atom stereocenters. The van der Waals surface area contributed by atoms with E-state index in [2.05, 4.69) is 30.2 Å². The molecule has 5 aromatic rings. The fourth-order valence-electron chi connectivity index (χ4n) is 4.28. The molecule has 0 spiro atoms. The molecular formula is C28H21F6N7O4S. The molecule has 0 aliphatic carbocycles. The largest absolute Gasteiger partial charge is 0.497 e. The molecule has 1 N–H and O–H groups in total. The average Bonchev–Trinajstić information content (AvgIpc) is 3.77. The van der Waals surface area contributed by atoms with Crippen LogP contribution in [0.2, 0.25) is 0 Å². The van der Waals surface area contributed by atoms with Crippen LogP contribution in [0.5, 0.6) is 5.75 Å². The Labute approximate surface area is 259 Å². The highest BCUT2D eigenvalue weighted by Crippen LogP contribution is 2.47. The number of methoxy groups -OCH3 is 1. The molecule has 0 saturated carbocycles. The van der Waals surface area contributed by atoms with Crippen LogP contribution in [-0.4, -0.2) is 67.0 Å². The molecule has 0 atom stereocenters. The van der Waals surface area contributed by atoms with Crippen molar-refractivity contribution in [3.05, 3.63) is 83.9 Å². The zero-order valence-corrected chi connectivity index (χ0v) is 24.2. The first-order chi connectivity index (χ1) is 21.8. The number of hydrogen-bond donors (Lipinski definition) is 1. The van der Waals surface area contributed by atoms with Crippen LogP contribution < -0.4 is 10.1 Å². The third-order valence-corrected chi connectivity index (χ3v) is 7.48. The highest BCUT2D eigenvalue weighted by molar-refractivity contribution is 7.13. The Hall–Kier alpha value is -5.26. The number of alkyl halides is 6. The second-order valence-corrected chi connectivity index (χ2v) is 10.5. The Kier molecular flexibility index (Phi) is 8.82. The van der Waals surface area contributed by atoms with Gasteiger partial charge < -0.3 is 14.8 Å². The van der Waals surface area contributed by atoms with Crippen LogP contribution in [0.3, 0.4) is 0 Å². The number of halogens is 6. The number of rotatable bonds is 11. The number of nitrogens with one attached hydrogen (secondary N) is 1. The second kappa shape index (κ2) is 12.6. The fourth-order valence-corrected chi connectivity index (χ4v) is 5.06. The van der Waals surface area contributed by atoms with E-state index in [1.54, 1.807) is 24.2 Å². The van der Waals surface area contributed by atoms with Gasteiger partial charge in [0.25, 0.3) is 12.4 Å². The van der Waals surface area contributed by atoms with Gasteiger partial charge in [0, 0.05) is 29.5 Å². The molecule has 0 saturated heterocycles. The monoisotopic (exact) mass is 665 g/mol. The maximum absolute atomic E-state index is 13.7. The van der Waals surface area contributed by atoms with Crippen molar-refractivity contribution in [2.24, 2.45) is 0 Å². The molecule has 1 aromatic carbocycles. The molecule has 0 radical (unpaired) electrons. The van der Waals surface area contributed by atoms with Crippen molar-refractivity contribution in [3.63, 3.8) is 0 Å². The van der Waals surface area contributed by atoms with Gasteiger partial charge in [-0.3, -0.25) is 23.9 Å². The van der Waals surface area contributed by atoms with Crippen LogP contribution in [0, 0.1) is 0 Å². The first-order valence-electron chi connectivity index (χ1n) is 13.0. The van der Waals surface area contributed by atoms with E-state index in [9.17, 15) is 35.9 Å². The summed E-state index contributed by atoms with van der Waals surface area (Å²) in [7, 11) is 1.57. The first-order valence-corrected chi connectivity index (χ1v) is 13.9. The van der Waals surface area contributed by atoms with Crippen molar-refractivity contribution < 1.29 is 45.4 Å². The summed E-state index contributed by atoms with van der Waals surface area (Å²) in [5.41, 5.74) is -3.93. The van der Waals surface area contributed by atoms with Gasteiger partial charge in [-0.15, -0.1) is 11.3 Å². The first kappa shape index (κ1) is 32.1. The van der Waals surface area contributed by atoms with Crippen molar-refractivity contribution in [1.82, 2.24) is 29.5 Å². The molecule has 46 heavy (non-hydrogen) atoms. The summed E-state index contributed by atoms with van der Waals surface area (Å²) in [4.78, 5) is 32.3. The average molecular weight is 666 g/mol. The number of thiazole rings is 1. The number of ether oxygens (including phenoxy) is 2. The number of hydrogen-bond acceptors (Lipinski definition) is 9. The molecule has 4 aromatic heterocycles. The number of anilines is 1. The summed E-state index contributed by atoms with van der Waals surface area (Å²) in [5, 5.41) is 12.4. The SMILES string of the molecule is COc1ccc(Cn2cc(-c3nc(C(=O)Nc4cn(CC(OC=O)(C(F)(F)F)C(F)(F)F)nc4-c4ccccn4)cs3)cn2)cc1. The fraction of sp³-hybridized carbons (Fsp3) is 0.214. The predicted octanol–water partition coefficient (Wildman–Crippen LogP) is 5.61. The summed E-state index contributed by atoms with van der Waals surface area (Å²) in [6.07, 6.45) is -6.78. The lowest BCUT2D eigenvalue weighted by Crippen LogP contribution is -2.61. The summed E-state index contributed by atoms with van der Waals surface area (Å²) < 4.78 is 93.2. The van der Waals surface area contributed by atoms with Gasteiger partial charge in [0.15, 0.2) is 0 Å². The Morgan fingerprint density at radius 2 is 1.76 bits per heavy atom. The zero-order chi connectivity index (χ0) is 33.1. The van der Waals surface area contributed by atoms with Gasteiger partial charge in [0.05, 0.1) is 37.8 Å². The number of amides is 1. The Morgan fingerprint density at radius 3 is 2.39 bits per heavy atom. The van der Waals surface area contributed by atoms with Crippen molar-refractivity contribution in [2.75, 3.05) is 12.4 Å². The van der Waals surface area contributed by atoms with Gasteiger partial charge >= 0.3 is 18.0 Å². The molecule has 5 rings (SSSR count). The van der Waals surface area contributed by atoms with Gasteiger partial charge in [-0.05, 0) is 29.8 Å². The summed E-state index contributed by atoms with van der Waals surface area (Å²) in [6, 6.07) is 11.8. The quantitative estimate of drug-likeness (QED) is 0.143. The van der Waals surface area contributed by atoms with E-state index in [0.29, 0.717) is 22.9 Å². The maximum atomic E-state index is 13.7. The van der Waals surface area contributed by atoms with Gasteiger partial charge in [-0.1, -0.05) is 18.2 Å². The van der Waals surface area contributed by atoms with Gasteiger partial charge in [0.2, 0.25) is 0 Å². The number of pyridine rings is 1. The predicted molar refractivity (Wildman–Crippen MR) is 151 cm³/mol. The van der Waals surface area contributed by atoms with Crippen molar-refractivity contribution in [3.8, 4) is 27.7 Å². The molecule has 0 fully saturated rings. The third-order valence-electron chi connectivity index (χ3n) is 6.59. The summed E-state index contributed by atoms with van der Waals surface area (Å²) in [6.45, 7) is -2.48. The highest BCUT2D eigenvalue weighted by Gasteiger charge is 2.74. The minimum atomic E-state index is -6.06. The van der Waals surface area contributed by atoms with E-state index in [4.69, 9.17) is 4.74 Å². The second-order valence-electron chi connectivity index (χ2n) is 9.61. The van der Waals surface area contributed by atoms with Crippen molar-refractivity contribution >= 4 is 29.4 Å². The number of nitrogens with zero attached hydrogens (tertiary/aromatic N) is 6. The van der Waals surface area contributed by atoms with Crippen LogP contribution in [0.15, 0.2) is 72.6 Å². The van der Waals surface area contributed by atoms with Crippen molar-refractivity contribution in [1.29, 1.82) is 0 Å². The molecule has 11 nitrogen and oxygen atoms in total. The van der Waals surface area contributed by atoms with E-state index >= 15 is 0 Å². The lowest BCUT2D eigenvalue weighted by Gasteiger charge is -2.34. The summed E-state index contributed by atoms with van der Waals surface area (Å²) in [5.74, 6) is -0.118. The van der Waals surface area contributed by atoms with Gasteiger partial charge in [-0.2, -0.15) is 36.5 Å². The maximum Gasteiger partial charge on any atom is 0.439 e. The van der Waals surface area contributed by atoms with Gasteiger partial charge in [0.1, 0.15) is 22.1 Å². The van der Waals surface area contributed by atoms with E-state index in [0.717, 1.165) is 23.1 Å². The minimum absolute atomic E-state index is 0.0284. The van der Waals surface area contributed by atoms with E-state index in [1.165, 1.54) is 29.8 Å². The Balaban J connectivity index is 1.39. The van der Waals surface area contributed by atoms with Gasteiger partial charge in [-0.25, -0.2) is 4.98 Å². The molecular weight excluding hydrogens is 644 g/mol. The van der Waals surface area contributed by atoms with Crippen LogP contribution in [0.25, 0.3) is 22.0 Å². The standard InChI is InChI=1S/C28H21F6N7O4S/c1-44-19-7-5-17(6-8-19)11-40-12-18(10-36-40)25-38-22(14-46-25)24(43)37-21-13-41(39-23(21)20-4-2-3-9-35-20)15-26(45-16-42,27(29,30)31)28(32,33)34/h2-10,12-14,16H,11,15H2,1H3,(H,37,43). The van der Waals surface area contributed by atoms with Crippen molar-refractivity contribution in [2.45, 2.75) is 31.0 Å². The molecule has 18 heteroatoms. The number of carbonyl (C=O) groups is 2. The normalized spacial score (nSPS) is 12.2. The van der Waals surface area contributed by atoms with E-state index < -0.39 is 36.9 Å². The molecule has 4 heterocycles.